The number of rotatable bonds is 3. The van der Waals surface area contributed by atoms with Gasteiger partial charge in [0.25, 0.3) is 0 Å². The van der Waals surface area contributed by atoms with Gasteiger partial charge in [-0.1, -0.05) is 34.8 Å². The highest BCUT2D eigenvalue weighted by molar-refractivity contribution is 7.84. The maximum Gasteiger partial charge on any atom is 0.155 e. The molecule has 3 aromatic rings. The average Bonchev–Trinajstić information content (AvgIpc) is 2.89. The van der Waals surface area contributed by atoms with Gasteiger partial charge in [0.05, 0.1) is 26.4 Å². The number of hydrogen-bond donors (Lipinski definition) is 0. The van der Waals surface area contributed by atoms with Crippen LogP contribution in [-0.4, -0.2) is 25.0 Å². The largest absolute Gasteiger partial charge is 0.281 e. The lowest BCUT2D eigenvalue weighted by atomic mass is 10.1. The number of aromatic nitrogens is 3. The predicted octanol–water partition coefficient (Wildman–Crippen LogP) is 4.63. The van der Waals surface area contributed by atoms with E-state index in [0.717, 1.165) is 0 Å². The summed E-state index contributed by atoms with van der Waals surface area (Å²) in [6, 6.07) is 8.65. The van der Waals surface area contributed by atoms with Crippen molar-refractivity contribution >= 4 is 45.6 Å². The number of halogens is 3. The minimum Gasteiger partial charge on any atom is -0.281 e. The predicted molar refractivity (Wildman–Crippen MR) is 94.2 cm³/mol. The van der Waals surface area contributed by atoms with Crippen molar-refractivity contribution in [3.8, 4) is 17.1 Å². The molecule has 0 spiro atoms. The van der Waals surface area contributed by atoms with Crippen LogP contribution in [-0.2, 0) is 10.8 Å². The second-order valence-electron chi connectivity index (χ2n) is 4.68. The van der Waals surface area contributed by atoms with E-state index in [0.29, 0.717) is 37.2 Å². The fraction of sp³-hybridized carbons (Fsp3) is 0.0667. The molecular weight excluding hydrogens is 377 g/mol. The van der Waals surface area contributed by atoms with Crippen molar-refractivity contribution in [3.63, 3.8) is 0 Å². The second-order valence-corrected chi connectivity index (χ2v) is 7.27. The summed E-state index contributed by atoms with van der Waals surface area (Å²) < 4.78 is 13.2. The van der Waals surface area contributed by atoms with Gasteiger partial charge in [-0.25, -0.2) is 9.97 Å². The molecule has 1 atom stereocenters. The Balaban J connectivity index is 2.13. The summed E-state index contributed by atoms with van der Waals surface area (Å²) in [7, 11) is -1.09. The van der Waals surface area contributed by atoms with E-state index in [4.69, 9.17) is 34.8 Å². The molecule has 1 unspecified atom stereocenters. The van der Waals surface area contributed by atoms with E-state index in [-0.39, 0.29) is 0 Å². The maximum absolute atomic E-state index is 11.5. The highest BCUT2D eigenvalue weighted by Crippen LogP contribution is 2.35. The number of imidazole rings is 1. The molecular formula is C15H10Cl3N3OS. The third kappa shape index (κ3) is 3.28. The molecule has 0 aliphatic rings. The minimum atomic E-state index is -1.09. The Morgan fingerprint density at radius 1 is 1.09 bits per heavy atom. The SMILES string of the molecule is CS(=O)c1ccc(-n2cnc(Cl)c2-c2ccc(Cl)cc2Cl)nc1. The summed E-state index contributed by atoms with van der Waals surface area (Å²) in [6.45, 7) is 0. The molecule has 2 heterocycles. The van der Waals surface area contributed by atoms with Gasteiger partial charge in [0, 0.05) is 23.0 Å². The van der Waals surface area contributed by atoms with Crippen molar-refractivity contribution in [2.24, 2.45) is 0 Å². The van der Waals surface area contributed by atoms with Crippen molar-refractivity contribution in [1.29, 1.82) is 0 Å². The molecule has 2 aromatic heterocycles. The van der Waals surface area contributed by atoms with E-state index >= 15 is 0 Å². The number of hydrogen-bond acceptors (Lipinski definition) is 3. The highest BCUT2D eigenvalue weighted by atomic mass is 35.5. The van der Waals surface area contributed by atoms with E-state index < -0.39 is 10.8 Å². The van der Waals surface area contributed by atoms with E-state index in [2.05, 4.69) is 9.97 Å². The lowest BCUT2D eigenvalue weighted by Crippen LogP contribution is -2.00. The standard InChI is InChI=1S/C15H10Cl3N3OS/c1-23(22)10-3-5-13(19-7-10)21-8-20-15(18)14(21)11-4-2-9(16)6-12(11)17/h2-8H,1H3. The van der Waals surface area contributed by atoms with Crippen molar-refractivity contribution in [2.45, 2.75) is 4.90 Å². The maximum atomic E-state index is 11.5. The van der Waals surface area contributed by atoms with Gasteiger partial charge in [-0.05, 0) is 30.3 Å². The van der Waals surface area contributed by atoms with E-state index in [1.165, 1.54) is 0 Å². The molecule has 8 heteroatoms. The summed E-state index contributed by atoms with van der Waals surface area (Å²) >= 11 is 18.4. The summed E-state index contributed by atoms with van der Waals surface area (Å²) in [6.07, 6.45) is 4.73. The Morgan fingerprint density at radius 3 is 2.48 bits per heavy atom. The third-order valence-corrected chi connectivity index (χ3v) is 4.94. The first kappa shape index (κ1) is 16.5. The van der Waals surface area contributed by atoms with Crippen molar-refractivity contribution in [1.82, 2.24) is 14.5 Å². The van der Waals surface area contributed by atoms with Gasteiger partial charge in [-0.2, -0.15) is 0 Å². The lowest BCUT2D eigenvalue weighted by Gasteiger charge is -2.10. The molecule has 0 radical (unpaired) electrons. The van der Waals surface area contributed by atoms with Crippen molar-refractivity contribution in [2.75, 3.05) is 6.26 Å². The van der Waals surface area contributed by atoms with Crippen LogP contribution >= 0.6 is 34.8 Å². The van der Waals surface area contributed by atoms with Crippen LogP contribution in [0.15, 0.2) is 47.8 Å². The molecule has 118 valence electrons. The van der Waals surface area contributed by atoms with Crippen LogP contribution in [0.1, 0.15) is 0 Å². The number of nitrogens with zero attached hydrogens (tertiary/aromatic N) is 3. The van der Waals surface area contributed by atoms with Gasteiger partial charge in [-0.15, -0.1) is 0 Å². The Hall–Kier alpha value is -1.40. The normalized spacial score (nSPS) is 12.3. The van der Waals surface area contributed by atoms with Crippen molar-refractivity contribution in [3.05, 3.63) is 58.1 Å². The fourth-order valence-electron chi connectivity index (χ4n) is 2.11. The van der Waals surface area contributed by atoms with E-state index in [1.807, 2.05) is 0 Å². The topological polar surface area (TPSA) is 47.8 Å². The first-order chi connectivity index (χ1) is 11.0. The molecule has 0 fully saturated rings. The smallest absolute Gasteiger partial charge is 0.155 e. The van der Waals surface area contributed by atoms with Crippen LogP contribution in [0.25, 0.3) is 17.1 Å². The van der Waals surface area contributed by atoms with Crippen LogP contribution in [0.4, 0.5) is 0 Å². The van der Waals surface area contributed by atoms with Crippen LogP contribution in [0, 0.1) is 0 Å². The molecule has 0 saturated heterocycles. The van der Waals surface area contributed by atoms with Crippen LogP contribution in [0.5, 0.6) is 0 Å². The van der Waals surface area contributed by atoms with Gasteiger partial charge >= 0.3 is 0 Å². The van der Waals surface area contributed by atoms with Gasteiger partial charge in [0.1, 0.15) is 12.1 Å². The Labute approximate surface area is 150 Å². The Morgan fingerprint density at radius 2 is 1.87 bits per heavy atom. The third-order valence-electron chi connectivity index (χ3n) is 3.21. The van der Waals surface area contributed by atoms with E-state index in [1.54, 1.807) is 53.7 Å². The molecule has 0 N–H and O–H groups in total. The second kappa shape index (κ2) is 6.61. The molecule has 23 heavy (non-hydrogen) atoms. The highest BCUT2D eigenvalue weighted by Gasteiger charge is 2.16. The van der Waals surface area contributed by atoms with Gasteiger partial charge < -0.3 is 0 Å². The van der Waals surface area contributed by atoms with Gasteiger partial charge in [0.15, 0.2) is 5.15 Å². The zero-order valence-corrected chi connectivity index (χ0v) is 14.9. The summed E-state index contributed by atoms with van der Waals surface area (Å²) in [4.78, 5) is 9.09. The molecule has 0 bridgehead atoms. The minimum absolute atomic E-state index is 0.305. The van der Waals surface area contributed by atoms with Crippen LogP contribution in [0.3, 0.4) is 0 Å². The average molecular weight is 387 g/mol. The number of pyridine rings is 1. The molecule has 4 nitrogen and oxygen atoms in total. The van der Waals surface area contributed by atoms with Crippen LogP contribution in [0.2, 0.25) is 15.2 Å². The summed E-state index contributed by atoms with van der Waals surface area (Å²) in [5, 5.41) is 1.31. The van der Waals surface area contributed by atoms with E-state index in [9.17, 15) is 4.21 Å². The summed E-state index contributed by atoms with van der Waals surface area (Å²) in [5.41, 5.74) is 1.31. The first-order valence-corrected chi connectivity index (χ1v) is 9.14. The first-order valence-electron chi connectivity index (χ1n) is 6.45. The summed E-state index contributed by atoms with van der Waals surface area (Å²) in [5.74, 6) is 0.597. The lowest BCUT2D eigenvalue weighted by molar-refractivity contribution is 0.686. The molecule has 3 rings (SSSR count). The molecule has 0 saturated carbocycles. The quantitative estimate of drug-likeness (QED) is 0.659. The zero-order chi connectivity index (χ0) is 16.6. The zero-order valence-electron chi connectivity index (χ0n) is 11.8. The Kier molecular flexibility index (Phi) is 4.73. The molecule has 1 aromatic carbocycles. The van der Waals surface area contributed by atoms with Gasteiger partial charge in [-0.3, -0.25) is 8.78 Å². The van der Waals surface area contributed by atoms with Crippen molar-refractivity contribution < 1.29 is 4.21 Å². The molecule has 0 aliphatic carbocycles. The fourth-order valence-corrected chi connectivity index (χ4v) is 3.30. The van der Waals surface area contributed by atoms with Crippen LogP contribution < -0.4 is 0 Å². The Bertz CT molecular complexity index is 893. The molecule has 0 amide bonds. The van der Waals surface area contributed by atoms with Gasteiger partial charge in [0.2, 0.25) is 0 Å². The number of benzene rings is 1. The monoisotopic (exact) mass is 385 g/mol. The molecule has 0 aliphatic heterocycles.